The lowest BCUT2D eigenvalue weighted by atomic mass is 10.4. The highest BCUT2D eigenvalue weighted by atomic mass is 19.1. The van der Waals surface area contributed by atoms with Gasteiger partial charge in [0.25, 0.3) is 0 Å². The number of anilines is 1. The molecule has 64 valence electrons. The molecule has 0 aliphatic rings. The molecule has 12 heavy (non-hydrogen) atoms. The first-order valence-electron chi connectivity index (χ1n) is 3.32. The van der Waals surface area contributed by atoms with Crippen LogP contribution < -0.4 is 11.1 Å². The molecular weight excluding hydrogens is 161 g/mol. The summed E-state index contributed by atoms with van der Waals surface area (Å²) < 4.78 is 12.4. The molecule has 0 fully saturated rings. The van der Waals surface area contributed by atoms with Gasteiger partial charge in [0.1, 0.15) is 0 Å². The highest BCUT2D eigenvalue weighted by molar-refractivity contribution is 5.78. The fraction of sp³-hybridized carbons (Fsp3) is 0.143. The summed E-state index contributed by atoms with van der Waals surface area (Å²) in [5.41, 5.74) is 5.35. The Morgan fingerprint density at radius 1 is 1.75 bits per heavy atom. The van der Waals surface area contributed by atoms with E-state index >= 15 is 0 Å². The van der Waals surface area contributed by atoms with Crippen LogP contribution in [-0.2, 0) is 4.79 Å². The molecule has 5 heteroatoms. The van der Waals surface area contributed by atoms with E-state index < -0.39 is 11.9 Å². The van der Waals surface area contributed by atoms with Crippen molar-refractivity contribution in [3.05, 3.63) is 24.3 Å². The van der Waals surface area contributed by atoms with E-state index in [4.69, 9.17) is 5.73 Å². The summed E-state index contributed by atoms with van der Waals surface area (Å²) in [6, 6.07) is 2.73. The number of aromatic nitrogens is 1. The molecule has 0 aliphatic carbocycles. The van der Waals surface area contributed by atoms with Crippen molar-refractivity contribution >= 4 is 11.6 Å². The van der Waals surface area contributed by atoms with Crippen molar-refractivity contribution in [2.45, 2.75) is 0 Å². The third-order valence-electron chi connectivity index (χ3n) is 1.19. The zero-order chi connectivity index (χ0) is 8.97. The molecule has 4 nitrogen and oxygen atoms in total. The van der Waals surface area contributed by atoms with Crippen molar-refractivity contribution < 1.29 is 9.18 Å². The molecule has 1 aromatic heterocycles. The topological polar surface area (TPSA) is 68.0 Å². The molecule has 0 radical (unpaired) electrons. The van der Waals surface area contributed by atoms with Gasteiger partial charge in [-0.05, 0) is 6.07 Å². The summed E-state index contributed by atoms with van der Waals surface area (Å²) in [7, 11) is 0. The van der Waals surface area contributed by atoms with Crippen molar-refractivity contribution in [1.29, 1.82) is 0 Å². The average molecular weight is 169 g/mol. The van der Waals surface area contributed by atoms with Crippen molar-refractivity contribution in [1.82, 2.24) is 4.98 Å². The van der Waals surface area contributed by atoms with Crippen LogP contribution >= 0.6 is 0 Å². The van der Waals surface area contributed by atoms with Gasteiger partial charge < -0.3 is 11.1 Å². The molecule has 0 saturated carbocycles. The lowest BCUT2D eigenvalue weighted by molar-refractivity contribution is -0.116. The highest BCUT2D eigenvalue weighted by Gasteiger charge is 1.96. The minimum absolute atomic E-state index is 0.0105. The number of nitrogens with one attached hydrogen (secondary N) is 1. The van der Waals surface area contributed by atoms with Gasteiger partial charge in [0.15, 0.2) is 0 Å². The van der Waals surface area contributed by atoms with E-state index in [9.17, 15) is 9.18 Å². The van der Waals surface area contributed by atoms with Crippen molar-refractivity contribution in [3.63, 3.8) is 0 Å². The van der Waals surface area contributed by atoms with Crippen molar-refractivity contribution in [3.8, 4) is 0 Å². The number of amides is 1. The Morgan fingerprint density at radius 3 is 3.08 bits per heavy atom. The van der Waals surface area contributed by atoms with Crippen LogP contribution in [0.2, 0.25) is 0 Å². The quantitative estimate of drug-likeness (QED) is 0.631. The van der Waals surface area contributed by atoms with Crippen LogP contribution in [0.3, 0.4) is 0 Å². The summed E-state index contributed by atoms with van der Waals surface area (Å²) in [6.45, 7) is -0.0105. The molecule has 1 amide bonds. The summed E-state index contributed by atoms with van der Waals surface area (Å²) in [6.07, 6.45) is 1.30. The Balaban J connectivity index is 2.57. The van der Waals surface area contributed by atoms with E-state index in [1.54, 1.807) is 6.07 Å². The van der Waals surface area contributed by atoms with Gasteiger partial charge >= 0.3 is 0 Å². The second-order valence-electron chi connectivity index (χ2n) is 2.19. The molecule has 0 aliphatic heterocycles. The van der Waals surface area contributed by atoms with Gasteiger partial charge in [-0.25, -0.2) is 4.98 Å². The Bertz CT molecular complexity index is 290. The number of pyridine rings is 1. The largest absolute Gasteiger partial charge is 0.376 e. The van der Waals surface area contributed by atoms with Crippen LogP contribution in [0.25, 0.3) is 0 Å². The third kappa shape index (κ3) is 2.53. The van der Waals surface area contributed by atoms with Gasteiger partial charge in [-0.15, -0.1) is 0 Å². The molecule has 0 aromatic carbocycles. The smallest absolute Gasteiger partial charge is 0.236 e. The summed E-state index contributed by atoms with van der Waals surface area (Å²) in [5.74, 6) is -1.09. The minimum Gasteiger partial charge on any atom is -0.376 e. The number of halogens is 1. The van der Waals surface area contributed by atoms with Crippen LogP contribution in [0.1, 0.15) is 0 Å². The molecule has 1 heterocycles. The Morgan fingerprint density at radius 2 is 2.50 bits per heavy atom. The van der Waals surface area contributed by atoms with Gasteiger partial charge in [0.2, 0.25) is 11.9 Å². The normalized spacial score (nSPS) is 9.42. The number of carbonyl (C=O) groups is 1. The second-order valence-corrected chi connectivity index (χ2v) is 2.19. The number of hydrogen-bond acceptors (Lipinski definition) is 3. The Kier molecular flexibility index (Phi) is 2.57. The van der Waals surface area contributed by atoms with Crippen LogP contribution in [0.15, 0.2) is 18.3 Å². The number of rotatable bonds is 3. The predicted octanol–water partition coefficient (Wildman–Crippen LogP) is 0.118. The SMILES string of the molecule is NC(=O)CNc1ccnc(F)c1. The molecule has 0 bridgehead atoms. The predicted molar refractivity (Wildman–Crippen MR) is 41.9 cm³/mol. The lowest BCUT2D eigenvalue weighted by Gasteiger charge is -2.01. The summed E-state index contributed by atoms with van der Waals surface area (Å²) in [4.78, 5) is 13.7. The van der Waals surface area contributed by atoms with E-state index in [-0.39, 0.29) is 6.54 Å². The maximum atomic E-state index is 12.4. The molecule has 0 spiro atoms. The summed E-state index contributed by atoms with van der Waals surface area (Å²) in [5, 5.41) is 2.63. The first kappa shape index (κ1) is 8.45. The number of hydrogen-bond donors (Lipinski definition) is 2. The van der Waals surface area contributed by atoms with Gasteiger partial charge in [-0.3, -0.25) is 4.79 Å². The van der Waals surface area contributed by atoms with Gasteiger partial charge in [-0.2, -0.15) is 4.39 Å². The molecular formula is C7H8FN3O. The van der Waals surface area contributed by atoms with Crippen molar-refractivity contribution in [2.75, 3.05) is 11.9 Å². The average Bonchev–Trinajstić information content (AvgIpc) is 2.01. The lowest BCUT2D eigenvalue weighted by Crippen LogP contribution is -2.21. The molecule has 0 unspecified atom stereocenters. The van der Waals surface area contributed by atoms with Gasteiger partial charge in [-0.1, -0.05) is 0 Å². The number of carbonyl (C=O) groups excluding carboxylic acids is 1. The first-order chi connectivity index (χ1) is 5.68. The second kappa shape index (κ2) is 3.66. The number of nitrogens with zero attached hydrogens (tertiary/aromatic N) is 1. The fourth-order valence-electron chi connectivity index (χ4n) is 0.702. The van der Waals surface area contributed by atoms with Crippen LogP contribution in [0, 0.1) is 5.95 Å². The van der Waals surface area contributed by atoms with E-state index in [0.29, 0.717) is 5.69 Å². The molecule has 1 rings (SSSR count). The zero-order valence-corrected chi connectivity index (χ0v) is 6.25. The maximum Gasteiger partial charge on any atom is 0.236 e. The molecule has 3 N–H and O–H groups in total. The van der Waals surface area contributed by atoms with Crippen molar-refractivity contribution in [2.24, 2.45) is 5.73 Å². The van der Waals surface area contributed by atoms with Crippen LogP contribution in [-0.4, -0.2) is 17.4 Å². The Labute approximate surface area is 68.6 Å². The molecule has 0 saturated heterocycles. The highest BCUT2D eigenvalue weighted by Crippen LogP contribution is 2.05. The fourth-order valence-corrected chi connectivity index (χ4v) is 0.702. The number of primary amides is 1. The van der Waals surface area contributed by atoms with Gasteiger partial charge in [0.05, 0.1) is 6.54 Å². The van der Waals surface area contributed by atoms with Gasteiger partial charge in [0, 0.05) is 18.0 Å². The number of nitrogens with two attached hydrogens (primary N) is 1. The van der Waals surface area contributed by atoms with Crippen LogP contribution in [0.5, 0.6) is 0 Å². The minimum atomic E-state index is -0.593. The Hall–Kier alpha value is -1.65. The maximum absolute atomic E-state index is 12.4. The zero-order valence-electron chi connectivity index (χ0n) is 6.25. The van der Waals surface area contributed by atoms with E-state index in [2.05, 4.69) is 10.3 Å². The molecule has 1 aromatic rings. The van der Waals surface area contributed by atoms with E-state index in [1.807, 2.05) is 0 Å². The van der Waals surface area contributed by atoms with E-state index in [0.717, 1.165) is 0 Å². The van der Waals surface area contributed by atoms with E-state index in [1.165, 1.54) is 12.3 Å². The molecule has 0 atom stereocenters. The third-order valence-corrected chi connectivity index (χ3v) is 1.19. The summed E-state index contributed by atoms with van der Waals surface area (Å²) >= 11 is 0. The standard InChI is InChI=1S/C7H8FN3O/c8-6-3-5(1-2-10-6)11-4-7(9)12/h1-3H,4H2,(H2,9,12)(H,10,11). The van der Waals surface area contributed by atoms with Crippen LogP contribution in [0.4, 0.5) is 10.1 Å². The monoisotopic (exact) mass is 169 g/mol. The first-order valence-corrected chi connectivity index (χ1v) is 3.32.